The number of para-hydroxylation sites is 2. The first kappa shape index (κ1) is 26.8. The summed E-state index contributed by atoms with van der Waals surface area (Å²) in [5, 5.41) is 1.13. The Labute approximate surface area is 233 Å². The first-order valence-corrected chi connectivity index (χ1v) is 14.5. The number of fused-ring (bicyclic) bond motifs is 1. The van der Waals surface area contributed by atoms with Crippen LogP contribution in [0.2, 0.25) is 0 Å². The fourth-order valence-electron chi connectivity index (χ4n) is 5.47. The molecule has 39 heavy (non-hydrogen) atoms. The number of aryl methyl sites for hydroxylation is 2. The van der Waals surface area contributed by atoms with Gasteiger partial charge in [-0.2, -0.15) is 0 Å². The van der Waals surface area contributed by atoms with Crippen LogP contribution in [0.5, 0.6) is 0 Å². The zero-order chi connectivity index (χ0) is 27.4. The lowest BCUT2D eigenvalue weighted by atomic mass is 10.0. The van der Waals surface area contributed by atoms with Gasteiger partial charge in [0, 0.05) is 24.0 Å². The normalized spacial score (nSPS) is 16.5. The number of aliphatic imine (C=N–C) groups is 2. The second-order valence-corrected chi connectivity index (χ2v) is 10.7. The summed E-state index contributed by atoms with van der Waals surface area (Å²) >= 11 is 0. The number of rotatable bonds is 9. The molecule has 2 heterocycles. The molecule has 0 bridgehead atoms. The van der Waals surface area contributed by atoms with Crippen molar-refractivity contribution in [3.8, 4) is 0 Å². The van der Waals surface area contributed by atoms with Crippen molar-refractivity contribution >= 4 is 28.1 Å². The van der Waals surface area contributed by atoms with Crippen molar-refractivity contribution in [1.29, 1.82) is 0 Å². The third kappa shape index (κ3) is 5.66. The fourth-order valence-corrected chi connectivity index (χ4v) is 5.47. The third-order valence-electron chi connectivity index (χ3n) is 8.09. The van der Waals surface area contributed by atoms with Crippen LogP contribution in [0.15, 0.2) is 88.8 Å². The minimum atomic E-state index is 0.286. The second kappa shape index (κ2) is 11.9. The van der Waals surface area contributed by atoms with Crippen molar-refractivity contribution in [3.63, 3.8) is 0 Å². The van der Waals surface area contributed by atoms with E-state index < -0.39 is 0 Å². The van der Waals surface area contributed by atoms with Gasteiger partial charge < -0.3 is 4.90 Å². The molecule has 0 radical (unpaired) electrons. The lowest BCUT2D eigenvalue weighted by molar-refractivity contribution is 0.360. The molecule has 0 saturated carbocycles. The second-order valence-electron chi connectivity index (χ2n) is 10.7. The van der Waals surface area contributed by atoms with Gasteiger partial charge in [0.1, 0.15) is 5.84 Å². The van der Waals surface area contributed by atoms with Gasteiger partial charge in [-0.3, -0.25) is 9.98 Å². The first-order chi connectivity index (χ1) is 19.0. The SMILES string of the molecule is CCc1cccc(CC)c1N=C(C)c1ccc2cccc(C3=NC([C@@H](C)CC)CN3Cc3ccccc3)c2n1. The Hall–Kier alpha value is -3.79. The molecule has 5 rings (SSSR count). The summed E-state index contributed by atoms with van der Waals surface area (Å²) in [6, 6.07) is 28.2. The number of hydrogen-bond acceptors (Lipinski definition) is 4. The van der Waals surface area contributed by atoms with Gasteiger partial charge in [-0.05, 0) is 54.5 Å². The van der Waals surface area contributed by atoms with Gasteiger partial charge in [0.2, 0.25) is 0 Å². The molecule has 0 N–H and O–H groups in total. The maximum Gasteiger partial charge on any atom is 0.133 e. The molecule has 4 nitrogen and oxygen atoms in total. The topological polar surface area (TPSA) is 40.9 Å². The van der Waals surface area contributed by atoms with E-state index in [2.05, 4.69) is 118 Å². The van der Waals surface area contributed by atoms with Crippen LogP contribution >= 0.6 is 0 Å². The molecule has 3 aromatic carbocycles. The van der Waals surface area contributed by atoms with Gasteiger partial charge in [0.05, 0.1) is 28.7 Å². The highest BCUT2D eigenvalue weighted by atomic mass is 15.3. The van der Waals surface area contributed by atoms with Crippen molar-refractivity contribution in [2.75, 3.05) is 6.54 Å². The summed E-state index contributed by atoms with van der Waals surface area (Å²) in [4.78, 5) is 18.1. The van der Waals surface area contributed by atoms with Crippen LogP contribution in [0.1, 0.15) is 69.0 Å². The smallest absolute Gasteiger partial charge is 0.133 e. The molecule has 0 spiro atoms. The Kier molecular flexibility index (Phi) is 8.21. The maximum atomic E-state index is 5.32. The van der Waals surface area contributed by atoms with Crippen LogP contribution < -0.4 is 0 Å². The Bertz CT molecular complexity index is 1480. The average Bonchev–Trinajstić information content (AvgIpc) is 3.40. The number of amidine groups is 1. The Morgan fingerprint density at radius 2 is 1.62 bits per heavy atom. The molecule has 2 atom stereocenters. The molecule has 1 aromatic heterocycles. The first-order valence-electron chi connectivity index (χ1n) is 14.5. The van der Waals surface area contributed by atoms with Crippen molar-refractivity contribution < 1.29 is 0 Å². The van der Waals surface area contributed by atoms with Gasteiger partial charge in [-0.25, -0.2) is 4.98 Å². The standard InChI is InChI=1S/C35H40N4/c1-6-24(4)32-23-39(22-26-14-10-9-11-15-26)35(38-32)30-19-13-18-29-20-21-31(37-34(29)30)25(5)36-33-27(7-2)16-12-17-28(33)8-3/h9-21,24,32H,6-8,22-23H2,1-5H3/t24-,32?/m0/s1. The van der Waals surface area contributed by atoms with Crippen molar-refractivity contribution in [2.24, 2.45) is 15.9 Å². The van der Waals surface area contributed by atoms with E-state index in [0.717, 1.165) is 71.7 Å². The van der Waals surface area contributed by atoms with Gasteiger partial charge in [0.15, 0.2) is 0 Å². The lowest BCUT2D eigenvalue weighted by Gasteiger charge is -2.23. The molecule has 1 aliphatic rings. The third-order valence-corrected chi connectivity index (χ3v) is 8.09. The van der Waals surface area contributed by atoms with E-state index in [1.54, 1.807) is 0 Å². The molecule has 4 aromatic rings. The van der Waals surface area contributed by atoms with Gasteiger partial charge in [-0.1, -0.05) is 101 Å². The number of hydrogen-bond donors (Lipinski definition) is 0. The molecular weight excluding hydrogens is 476 g/mol. The van der Waals surface area contributed by atoms with Crippen molar-refractivity contribution in [1.82, 2.24) is 9.88 Å². The summed E-state index contributed by atoms with van der Waals surface area (Å²) in [5.74, 6) is 1.58. The zero-order valence-electron chi connectivity index (χ0n) is 24.0. The number of aromatic nitrogens is 1. The van der Waals surface area contributed by atoms with Crippen LogP contribution in [0, 0.1) is 5.92 Å². The van der Waals surface area contributed by atoms with Gasteiger partial charge in [-0.15, -0.1) is 0 Å². The Morgan fingerprint density at radius 3 is 2.31 bits per heavy atom. The fraction of sp³-hybridized carbons (Fsp3) is 0.343. The monoisotopic (exact) mass is 516 g/mol. The molecule has 0 saturated heterocycles. The number of nitrogens with zero attached hydrogens (tertiary/aromatic N) is 4. The molecule has 0 amide bonds. The molecule has 1 unspecified atom stereocenters. The van der Waals surface area contributed by atoms with Crippen LogP contribution in [-0.4, -0.2) is 34.0 Å². The molecule has 0 aliphatic carbocycles. The molecule has 200 valence electrons. The molecule has 1 aliphatic heterocycles. The van der Waals surface area contributed by atoms with E-state index in [9.17, 15) is 0 Å². The van der Waals surface area contributed by atoms with E-state index in [0.29, 0.717) is 5.92 Å². The summed E-state index contributed by atoms with van der Waals surface area (Å²) in [6.07, 6.45) is 3.04. The minimum Gasteiger partial charge on any atom is -0.350 e. The molecule has 4 heteroatoms. The van der Waals surface area contributed by atoms with Crippen molar-refractivity contribution in [2.45, 2.75) is 66.5 Å². The lowest BCUT2D eigenvalue weighted by Crippen LogP contribution is -2.31. The van der Waals surface area contributed by atoms with Gasteiger partial charge in [0.25, 0.3) is 0 Å². The predicted molar refractivity (Wildman–Crippen MR) is 165 cm³/mol. The van der Waals surface area contributed by atoms with E-state index in [-0.39, 0.29) is 6.04 Å². The van der Waals surface area contributed by atoms with Crippen LogP contribution in [0.4, 0.5) is 5.69 Å². The predicted octanol–water partition coefficient (Wildman–Crippen LogP) is 8.18. The highest BCUT2D eigenvalue weighted by Gasteiger charge is 2.30. The van der Waals surface area contributed by atoms with Crippen LogP contribution in [0.25, 0.3) is 10.9 Å². The zero-order valence-corrected chi connectivity index (χ0v) is 24.0. The van der Waals surface area contributed by atoms with E-state index >= 15 is 0 Å². The van der Waals surface area contributed by atoms with Crippen molar-refractivity contribution in [3.05, 3.63) is 107 Å². The van der Waals surface area contributed by atoms with Gasteiger partial charge >= 0.3 is 0 Å². The molecular formula is C35H40N4. The molecule has 0 fully saturated rings. The van der Waals surface area contributed by atoms with Crippen LogP contribution in [0.3, 0.4) is 0 Å². The Morgan fingerprint density at radius 1 is 0.897 bits per heavy atom. The van der Waals surface area contributed by atoms with E-state index in [1.807, 2.05) is 0 Å². The average molecular weight is 517 g/mol. The minimum absolute atomic E-state index is 0.286. The largest absolute Gasteiger partial charge is 0.350 e. The summed E-state index contributed by atoms with van der Waals surface area (Å²) in [5.41, 5.74) is 8.90. The summed E-state index contributed by atoms with van der Waals surface area (Å²) in [7, 11) is 0. The number of pyridine rings is 1. The summed E-state index contributed by atoms with van der Waals surface area (Å²) < 4.78 is 0. The van der Waals surface area contributed by atoms with E-state index in [4.69, 9.17) is 15.0 Å². The van der Waals surface area contributed by atoms with Crippen LogP contribution in [-0.2, 0) is 19.4 Å². The quantitative estimate of drug-likeness (QED) is 0.210. The maximum absolute atomic E-state index is 5.32. The Balaban J connectivity index is 1.58. The van der Waals surface area contributed by atoms with E-state index in [1.165, 1.54) is 16.7 Å². The highest BCUT2D eigenvalue weighted by Crippen LogP contribution is 2.29. The summed E-state index contributed by atoms with van der Waals surface area (Å²) in [6.45, 7) is 12.8. The highest BCUT2D eigenvalue weighted by molar-refractivity contribution is 6.10. The number of benzene rings is 3.